The Labute approximate surface area is 213 Å². The third-order valence-corrected chi connectivity index (χ3v) is 6.69. The third kappa shape index (κ3) is 6.75. The van der Waals surface area contributed by atoms with E-state index in [0.717, 1.165) is 45.7 Å². The van der Waals surface area contributed by atoms with Crippen molar-refractivity contribution in [2.75, 3.05) is 12.4 Å². The van der Waals surface area contributed by atoms with Gasteiger partial charge in [-0.2, -0.15) is 5.10 Å². The summed E-state index contributed by atoms with van der Waals surface area (Å²) < 4.78 is 13.5. The molecular formula is C27H38N4O3S. The quantitative estimate of drug-likeness (QED) is 0.205. The highest BCUT2D eigenvalue weighted by Gasteiger charge is 2.20. The zero-order valence-corrected chi connectivity index (χ0v) is 22.8. The van der Waals surface area contributed by atoms with Crippen LogP contribution in [-0.4, -0.2) is 44.2 Å². The normalized spacial score (nSPS) is 12.5. The first-order valence-corrected chi connectivity index (χ1v) is 13.5. The van der Waals surface area contributed by atoms with Crippen LogP contribution in [0.5, 0.6) is 5.88 Å². The fourth-order valence-corrected chi connectivity index (χ4v) is 5.03. The van der Waals surface area contributed by atoms with Crippen molar-refractivity contribution in [1.82, 2.24) is 19.7 Å². The Morgan fingerprint density at radius 3 is 2.63 bits per heavy atom. The van der Waals surface area contributed by atoms with E-state index >= 15 is 0 Å². The maximum Gasteiger partial charge on any atom is 0.306 e. The number of fused-ring (bicyclic) bond motifs is 1. The molecule has 8 heteroatoms. The summed E-state index contributed by atoms with van der Waals surface area (Å²) in [6, 6.07) is 6.10. The van der Waals surface area contributed by atoms with Crippen LogP contribution < -0.4 is 4.74 Å². The molecule has 0 aliphatic heterocycles. The van der Waals surface area contributed by atoms with E-state index < -0.39 is 0 Å². The minimum atomic E-state index is -0.144. The zero-order chi connectivity index (χ0) is 25.5. The van der Waals surface area contributed by atoms with Crippen molar-refractivity contribution >= 4 is 28.8 Å². The van der Waals surface area contributed by atoms with Crippen LogP contribution in [0.2, 0.25) is 0 Å². The van der Waals surface area contributed by atoms with Gasteiger partial charge in [0.1, 0.15) is 17.1 Å². The summed E-state index contributed by atoms with van der Waals surface area (Å²) in [5, 5.41) is 4.77. The molecule has 0 N–H and O–H groups in total. The van der Waals surface area contributed by atoms with Gasteiger partial charge < -0.3 is 9.47 Å². The van der Waals surface area contributed by atoms with Crippen molar-refractivity contribution in [3.8, 4) is 17.1 Å². The van der Waals surface area contributed by atoms with Gasteiger partial charge in [0.25, 0.3) is 0 Å². The predicted molar refractivity (Wildman–Crippen MR) is 142 cm³/mol. The van der Waals surface area contributed by atoms with Gasteiger partial charge in [-0.05, 0) is 64.7 Å². The van der Waals surface area contributed by atoms with Crippen LogP contribution in [-0.2, 0) is 9.53 Å². The number of thioether (sulfide) groups is 1. The SMILES string of the molecule is CCOc1ncccc1-c1cc(SCCC(=O)OC(CC)CC(C)C)c2c(n1)c(C)nn2C(C)C. The van der Waals surface area contributed by atoms with E-state index in [1.807, 2.05) is 30.7 Å². The van der Waals surface area contributed by atoms with E-state index in [-0.39, 0.29) is 18.1 Å². The molecule has 35 heavy (non-hydrogen) atoms. The summed E-state index contributed by atoms with van der Waals surface area (Å²) in [7, 11) is 0. The average molecular weight is 499 g/mol. The molecule has 0 fully saturated rings. The molecular weight excluding hydrogens is 460 g/mol. The molecule has 190 valence electrons. The maximum absolute atomic E-state index is 12.5. The van der Waals surface area contributed by atoms with Crippen molar-refractivity contribution in [2.24, 2.45) is 5.92 Å². The number of hydrogen-bond acceptors (Lipinski definition) is 7. The summed E-state index contributed by atoms with van der Waals surface area (Å²) in [6.45, 7) is 15.0. The van der Waals surface area contributed by atoms with E-state index in [0.29, 0.717) is 30.6 Å². The van der Waals surface area contributed by atoms with E-state index in [9.17, 15) is 4.79 Å². The van der Waals surface area contributed by atoms with Crippen LogP contribution in [0.15, 0.2) is 29.3 Å². The summed E-state index contributed by atoms with van der Waals surface area (Å²) >= 11 is 1.64. The number of nitrogens with zero attached hydrogens (tertiary/aromatic N) is 4. The molecule has 0 radical (unpaired) electrons. The largest absolute Gasteiger partial charge is 0.477 e. The third-order valence-electron chi connectivity index (χ3n) is 5.66. The van der Waals surface area contributed by atoms with Gasteiger partial charge in [0.15, 0.2) is 0 Å². The van der Waals surface area contributed by atoms with Gasteiger partial charge in [-0.3, -0.25) is 9.48 Å². The Morgan fingerprint density at radius 2 is 1.97 bits per heavy atom. The van der Waals surface area contributed by atoms with Crippen molar-refractivity contribution < 1.29 is 14.3 Å². The van der Waals surface area contributed by atoms with Gasteiger partial charge in [0.2, 0.25) is 5.88 Å². The summed E-state index contributed by atoms with van der Waals surface area (Å²) in [4.78, 5) is 22.9. The molecule has 3 heterocycles. The first-order chi connectivity index (χ1) is 16.7. The summed E-state index contributed by atoms with van der Waals surface area (Å²) in [5.74, 6) is 1.53. The highest BCUT2D eigenvalue weighted by atomic mass is 32.2. The number of aryl methyl sites for hydroxylation is 1. The smallest absolute Gasteiger partial charge is 0.306 e. The summed E-state index contributed by atoms with van der Waals surface area (Å²) in [6.07, 6.45) is 3.79. The zero-order valence-electron chi connectivity index (χ0n) is 22.0. The molecule has 0 saturated carbocycles. The van der Waals surface area contributed by atoms with Gasteiger partial charge >= 0.3 is 5.97 Å². The molecule has 0 saturated heterocycles. The minimum Gasteiger partial charge on any atom is -0.477 e. The van der Waals surface area contributed by atoms with Gasteiger partial charge in [-0.1, -0.05) is 20.8 Å². The second kappa shape index (κ2) is 12.4. The molecule has 0 amide bonds. The first kappa shape index (κ1) is 27.0. The number of carbonyl (C=O) groups is 1. The molecule has 3 aromatic heterocycles. The van der Waals surface area contributed by atoms with Crippen LogP contribution in [0, 0.1) is 12.8 Å². The number of esters is 1. The standard InChI is InChI=1S/C27H38N4O3S/c1-8-20(15-17(3)4)34-24(32)12-14-35-23-16-22(21-11-10-13-28-27(21)33-9-2)29-25-19(7)30-31(18(5)6)26(23)25/h10-11,13,16-18,20H,8-9,12,14-15H2,1-7H3. The molecule has 1 atom stereocenters. The Morgan fingerprint density at radius 1 is 1.20 bits per heavy atom. The lowest BCUT2D eigenvalue weighted by Gasteiger charge is -2.18. The molecule has 7 nitrogen and oxygen atoms in total. The van der Waals surface area contributed by atoms with E-state index in [1.54, 1.807) is 18.0 Å². The first-order valence-electron chi connectivity index (χ1n) is 12.5. The summed E-state index contributed by atoms with van der Waals surface area (Å²) in [5.41, 5.74) is 4.35. The number of pyridine rings is 2. The Balaban J connectivity index is 1.91. The molecule has 0 aliphatic carbocycles. The number of ether oxygens (including phenoxy) is 2. The molecule has 0 aliphatic rings. The van der Waals surface area contributed by atoms with Crippen LogP contribution in [0.4, 0.5) is 0 Å². The lowest BCUT2D eigenvalue weighted by molar-refractivity contribution is -0.149. The van der Waals surface area contributed by atoms with Crippen LogP contribution >= 0.6 is 11.8 Å². The second-order valence-electron chi connectivity index (χ2n) is 9.36. The highest BCUT2D eigenvalue weighted by Crippen LogP contribution is 2.36. The van der Waals surface area contributed by atoms with Crippen molar-refractivity contribution in [3.63, 3.8) is 0 Å². The molecule has 3 aromatic rings. The highest BCUT2D eigenvalue weighted by molar-refractivity contribution is 7.99. The monoisotopic (exact) mass is 498 g/mol. The van der Waals surface area contributed by atoms with E-state index in [2.05, 4.69) is 45.7 Å². The fourth-order valence-electron chi connectivity index (χ4n) is 4.02. The maximum atomic E-state index is 12.5. The average Bonchev–Trinajstić information content (AvgIpc) is 3.16. The van der Waals surface area contributed by atoms with Crippen molar-refractivity contribution in [2.45, 2.75) is 84.8 Å². The lowest BCUT2D eigenvalue weighted by atomic mass is 10.0. The van der Waals surface area contributed by atoms with E-state index in [4.69, 9.17) is 19.6 Å². The fraction of sp³-hybridized carbons (Fsp3) is 0.556. The van der Waals surface area contributed by atoms with Gasteiger partial charge in [0, 0.05) is 22.9 Å². The van der Waals surface area contributed by atoms with Crippen LogP contribution in [0.3, 0.4) is 0 Å². The van der Waals surface area contributed by atoms with Crippen LogP contribution in [0.1, 0.15) is 72.5 Å². The lowest BCUT2D eigenvalue weighted by Crippen LogP contribution is -2.19. The minimum absolute atomic E-state index is 0.0145. The number of rotatable bonds is 12. The number of carbonyl (C=O) groups excluding carboxylic acids is 1. The Kier molecular flexibility index (Phi) is 9.55. The second-order valence-corrected chi connectivity index (χ2v) is 10.5. The number of aromatic nitrogens is 4. The Bertz CT molecular complexity index is 1140. The van der Waals surface area contributed by atoms with E-state index in [1.165, 1.54) is 0 Å². The van der Waals surface area contributed by atoms with Gasteiger partial charge in [0.05, 0.1) is 30.0 Å². The van der Waals surface area contributed by atoms with Gasteiger partial charge in [-0.15, -0.1) is 11.8 Å². The molecule has 0 aromatic carbocycles. The topological polar surface area (TPSA) is 79.1 Å². The molecule has 1 unspecified atom stereocenters. The molecule has 0 bridgehead atoms. The van der Waals surface area contributed by atoms with Gasteiger partial charge in [-0.25, -0.2) is 9.97 Å². The van der Waals surface area contributed by atoms with Crippen LogP contribution in [0.25, 0.3) is 22.3 Å². The van der Waals surface area contributed by atoms with Crippen molar-refractivity contribution in [3.05, 3.63) is 30.1 Å². The van der Waals surface area contributed by atoms with Crippen molar-refractivity contribution in [1.29, 1.82) is 0 Å². The Hall–Kier alpha value is -2.61. The number of hydrogen-bond donors (Lipinski definition) is 0. The molecule has 3 rings (SSSR count). The molecule has 0 spiro atoms. The predicted octanol–water partition coefficient (Wildman–Crippen LogP) is 6.63.